The molecule has 5 aliphatic carbocycles. The normalized spacial score (nSPS) is 35.7. The highest BCUT2D eigenvalue weighted by atomic mass is 16.5. The predicted octanol–water partition coefficient (Wildman–Crippen LogP) is 3.06. The van der Waals surface area contributed by atoms with E-state index in [4.69, 9.17) is 4.74 Å². The van der Waals surface area contributed by atoms with E-state index in [0.29, 0.717) is 6.54 Å². The summed E-state index contributed by atoms with van der Waals surface area (Å²) in [5, 5.41) is 9.24. The average molecular weight is 428 g/mol. The standard InChI is InChI=1S/C24H37N5O2/c30-23(19-4-2-1-3-5-19)28(7-6-27-8-10-31-11-9-27)22-17-29(26-25-22)24-14-18-12-20(15-24)21(13-18)16-24/h17-21H,1-16H2. The Hall–Kier alpha value is -1.47. The van der Waals surface area contributed by atoms with E-state index in [2.05, 4.69) is 26.1 Å². The van der Waals surface area contributed by atoms with Gasteiger partial charge < -0.3 is 4.74 Å². The first-order valence-corrected chi connectivity index (χ1v) is 12.7. The fourth-order valence-corrected chi connectivity index (χ4v) is 7.63. The van der Waals surface area contributed by atoms with Crippen molar-refractivity contribution in [3.63, 3.8) is 0 Å². The number of hydrogen-bond donors (Lipinski definition) is 0. The fourth-order valence-electron chi connectivity index (χ4n) is 7.63. The van der Waals surface area contributed by atoms with Crippen molar-refractivity contribution in [1.29, 1.82) is 0 Å². The fraction of sp³-hybridized carbons (Fsp3) is 0.875. The Morgan fingerprint density at radius 2 is 1.84 bits per heavy atom. The third kappa shape index (κ3) is 3.71. The van der Waals surface area contributed by atoms with Crippen LogP contribution in [0.1, 0.15) is 64.2 Å². The summed E-state index contributed by atoms with van der Waals surface area (Å²) in [6.07, 6.45) is 14.4. The summed E-state index contributed by atoms with van der Waals surface area (Å²) in [7, 11) is 0. The first-order chi connectivity index (χ1) is 15.2. The van der Waals surface area contributed by atoms with Gasteiger partial charge in [-0.05, 0) is 62.7 Å². The van der Waals surface area contributed by atoms with Gasteiger partial charge in [-0.3, -0.25) is 14.6 Å². The van der Waals surface area contributed by atoms with E-state index >= 15 is 0 Å². The van der Waals surface area contributed by atoms with Crippen LogP contribution in [0.4, 0.5) is 5.82 Å². The molecule has 4 bridgehead atoms. The Labute approximate surface area is 185 Å². The number of carbonyl (C=O) groups excluding carboxylic acids is 1. The third-order valence-electron chi connectivity index (χ3n) is 9.10. The molecular formula is C24H37N5O2. The van der Waals surface area contributed by atoms with Crippen LogP contribution < -0.4 is 4.90 Å². The molecule has 6 fully saturated rings. The van der Waals surface area contributed by atoms with E-state index in [0.717, 1.165) is 69.3 Å². The van der Waals surface area contributed by atoms with E-state index in [9.17, 15) is 4.79 Å². The number of hydrogen-bond acceptors (Lipinski definition) is 5. The molecule has 6 aliphatic rings. The average Bonchev–Trinajstić information content (AvgIpc) is 3.47. The lowest BCUT2D eigenvalue weighted by Gasteiger charge is -2.38. The quantitative estimate of drug-likeness (QED) is 0.698. The van der Waals surface area contributed by atoms with Crippen LogP contribution in [0, 0.1) is 23.7 Å². The molecule has 2 atom stereocenters. The molecule has 1 aromatic rings. The number of anilines is 1. The van der Waals surface area contributed by atoms with Crippen LogP contribution in [-0.2, 0) is 15.1 Å². The van der Waals surface area contributed by atoms with Crippen LogP contribution in [0.25, 0.3) is 0 Å². The first-order valence-electron chi connectivity index (χ1n) is 12.7. The van der Waals surface area contributed by atoms with Gasteiger partial charge in [0.15, 0.2) is 5.82 Å². The third-order valence-corrected chi connectivity index (χ3v) is 9.10. The molecule has 7 rings (SSSR count). The number of aromatic nitrogens is 3. The molecule has 2 heterocycles. The monoisotopic (exact) mass is 427 g/mol. The molecule has 31 heavy (non-hydrogen) atoms. The Bertz CT molecular complexity index is 778. The molecule has 0 spiro atoms. The predicted molar refractivity (Wildman–Crippen MR) is 118 cm³/mol. The zero-order valence-electron chi connectivity index (χ0n) is 18.8. The maximum absolute atomic E-state index is 13.6. The molecule has 0 N–H and O–H groups in total. The molecule has 7 nitrogen and oxygen atoms in total. The Kier molecular flexibility index (Phi) is 5.30. The number of carbonyl (C=O) groups is 1. The van der Waals surface area contributed by atoms with Gasteiger partial charge in [-0.1, -0.05) is 24.5 Å². The van der Waals surface area contributed by atoms with Crippen LogP contribution in [0.2, 0.25) is 0 Å². The maximum atomic E-state index is 13.6. The van der Waals surface area contributed by atoms with Gasteiger partial charge in [0.25, 0.3) is 0 Å². The van der Waals surface area contributed by atoms with E-state index in [-0.39, 0.29) is 17.4 Å². The number of amides is 1. The molecule has 1 amide bonds. The first kappa shape index (κ1) is 20.2. The largest absolute Gasteiger partial charge is 0.379 e. The van der Waals surface area contributed by atoms with Crippen molar-refractivity contribution in [2.45, 2.75) is 69.7 Å². The molecule has 1 aliphatic heterocycles. The van der Waals surface area contributed by atoms with E-state index < -0.39 is 0 Å². The van der Waals surface area contributed by atoms with Crippen LogP contribution in [-0.4, -0.2) is 65.2 Å². The van der Waals surface area contributed by atoms with Crippen LogP contribution >= 0.6 is 0 Å². The molecular weight excluding hydrogens is 390 g/mol. The Balaban J connectivity index is 1.22. The van der Waals surface area contributed by atoms with Crippen LogP contribution in [0.5, 0.6) is 0 Å². The molecule has 5 saturated carbocycles. The summed E-state index contributed by atoms with van der Waals surface area (Å²) in [5.41, 5.74) is 0.172. The lowest BCUT2D eigenvalue weighted by molar-refractivity contribution is -0.123. The molecule has 170 valence electrons. The molecule has 0 aromatic carbocycles. The molecule has 0 radical (unpaired) electrons. The second-order valence-corrected chi connectivity index (χ2v) is 11.0. The minimum atomic E-state index is 0.153. The minimum Gasteiger partial charge on any atom is -0.379 e. The number of morpholine rings is 1. The van der Waals surface area contributed by atoms with Crippen molar-refractivity contribution < 1.29 is 9.53 Å². The minimum absolute atomic E-state index is 0.153. The van der Waals surface area contributed by atoms with E-state index in [1.807, 2.05) is 4.90 Å². The summed E-state index contributed by atoms with van der Waals surface area (Å²) >= 11 is 0. The summed E-state index contributed by atoms with van der Waals surface area (Å²) in [6, 6.07) is 0. The lowest BCUT2D eigenvalue weighted by Crippen LogP contribution is -2.45. The van der Waals surface area contributed by atoms with Crippen LogP contribution in [0.3, 0.4) is 0 Å². The zero-order valence-corrected chi connectivity index (χ0v) is 18.8. The van der Waals surface area contributed by atoms with Gasteiger partial charge >= 0.3 is 0 Å². The van der Waals surface area contributed by atoms with Gasteiger partial charge in [0, 0.05) is 32.1 Å². The van der Waals surface area contributed by atoms with Gasteiger partial charge in [0.2, 0.25) is 5.91 Å². The Morgan fingerprint density at radius 1 is 1.10 bits per heavy atom. The molecule has 1 aromatic heterocycles. The zero-order chi connectivity index (χ0) is 20.8. The SMILES string of the molecule is O=C(C1CCCCC1)N(CCN1CCOCC1)c1cn(C23CC4CC(C2)C(C4)C3)nn1. The van der Waals surface area contributed by atoms with Crippen molar-refractivity contribution in [3.05, 3.63) is 6.20 Å². The van der Waals surface area contributed by atoms with Gasteiger partial charge in [-0.2, -0.15) is 0 Å². The summed E-state index contributed by atoms with van der Waals surface area (Å²) in [6.45, 7) is 5.06. The summed E-state index contributed by atoms with van der Waals surface area (Å²) in [4.78, 5) is 18.0. The number of rotatable bonds is 6. The second-order valence-electron chi connectivity index (χ2n) is 11.0. The summed E-state index contributed by atoms with van der Waals surface area (Å²) in [5.74, 6) is 3.88. The maximum Gasteiger partial charge on any atom is 0.231 e. The number of nitrogens with zero attached hydrogens (tertiary/aromatic N) is 5. The topological polar surface area (TPSA) is 63.5 Å². The molecule has 1 saturated heterocycles. The van der Waals surface area contributed by atoms with Gasteiger partial charge in [0.1, 0.15) is 0 Å². The van der Waals surface area contributed by atoms with Crippen molar-refractivity contribution in [2.24, 2.45) is 23.7 Å². The van der Waals surface area contributed by atoms with Crippen molar-refractivity contribution in [2.75, 3.05) is 44.3 Å². The van der Waals surface area contributed by atoms with Gasteiger partial charge in [0.05, 0.1) is 24.9 Å². The molecule has 7 heteroatoms. The second kappa shape index (κ2) is 8.14. The van der Waals surface area contributed by atoms with Crippen molar-refractivity contribution in [1.82, 2.24) is 19.9 Å². The molecule has 2 unspecified atom stereocenters. The highest BCUT2D eigenvalue weighted by Gasteiger charge is 2.57. The van der Waals surface area contributed by atoms with Crippen molar-refractivity contribution >= 4 is 11.7 Å². The highest BCUT2D eigenvalue weighted by molar-refractivity contribution is 5.94. The lowest BCUT2D eigenvalue weighted by atomic mass is 9.76. The number of ether oxygens (including phenoxy) is 1. The van der Waals surface area contributed by atoms with E-state index in [1.54, 1.807) is 0 Å². The van der Waals surface area contributed by atoms with Crippen molar-refractivity contribution in [3.8, 4) is 0 Å². The summed E-state index contributed by atoms with van der Waals surface area (Å²) < 4.78 is 7.67. The van der Waals surface area contributed by atoms with Gasteiger partial charge in [-0.15, -0.1) is 5.10 Å². The Morgan fingerprint density at radius 3 is 2.55 bits per heavy atom. The van der Waals surface area contributed by atoms with Gasteiger partial charge in [-0.25, -0.2) is 4.68 Å². The highest BCUT2D eigenvalue weighted by Crippen LogP contribution is 2.62. The smallest absolute Gasteiger partial charge is 0.231 e. The van der Waals surface area contributed by atoms with E-state index in [1.165, 1.54) is 51.4 Å². The van der Waals surface area contributed by atoms with Crippen LogP contribution in [0.15, 0.2) is 6.20 Å².